The summed E-state index contributed by atoms with van der Waals surface area (Å²) in [5.41, 5.74) is 4.54. The van der Waals surface area contributed by atoms with Crippen molar-refractivity contribution in [2.45, 2.75) is 56.8 Å². The molecule has 2 aromatic rings. The van der Waals surface area contributed by atoms with Gasteiger partial charge in [0.25, 0.3) is 0 Å². The normalized spacial score (nSPS) is 28.1. The van der Waals surface area contributed by atoms with E-state index in [4.69, 9.17) is 0 Å². The van der Waals surface area contributed by atoms with Crippen LogP contribution >= 0.6 is 0 Å². The van der Waals surface area contributed by atoms with Crippen LogP contribution in [0, 0.1) is 0 Å². The van der Waals surface area contributed by atoms with Crippen LogP contribution in [0.5, 0.6) is 0 Å². The van der Waals surface area contributed by atoms with Crippen molar-refractivity contribution in [1.82, 2.24) is 15.1 Å². The van der Waals surface area contributed by atoms with Crippen LogP contribution in [-0.2, 0) is 13.0 Å². The number of nitrogens with zero attached hydrogens (tertiary/aromatic N) is 2. The van der Waals surface area contributed by atoms with Gasteiger partial charge in [-0.3, -0.25) is 9.80 Å². The zero-order chi connectivity index (χ0) is 18.8. The molecule has 2 fully saturated rings. The molecular formula is C25H33N3. The number of hydrogen-bond acceptors (Lipinski definition) is 3. The van der Waals surface area contributed by atoms with Gasteiger partial charge in [0.2, 0.25) is 0 Å². The van der Waals surface area contributed by atoms with Crippen molar-refractivity contribution >= 4 is 0 Å². The van der Waals surface area contributed by atoms with Crippen LogP contribution < -0.4 is 5.32 Å². The van der Waals surface area contributed by atoms with Crippen molar-refractivity contribution in [1.29, 1.82) is 0 Å². The van der Waals surface area contributed by atoms with Crippen molar-refractivity contribution in [2.75, 3.05) is 26.2 Å². The predicted octanol–water partition coefficient (Wildman–Crippen LogP) is 4.00. The average molecular weight is 376 g/mol. The van der Waals surface area contributed by atoms with E-state index in [-0.39, 0.29) is 0 Å². The number of fused-ring (bicyclic) bond motifs is 2. The number of rotatable bonds is 5. The molecule has 3 aliphatic rings. The average Bonchev–Trinajstić information content (AvgIpc) is 3.20. The molecule has 0 bridgehead atoms. The van der Waals surface area contributed by atoms with E-state index in [0.29, 0.717) is 12.1 Å². The van der Waals surface area contributed by atoms with Crippen molar-refractivity contribution in [2.24, 2.45) is 0 Å². The Morgan fingerprint density at radius 1 is 0.893 bits per heavy atom. The molecule has 0 saturated carbocycles. The lowest BCUT2D eigenvalue weighted by Crippen LogP contribution is -2.58. The molecule has 1 aliphatic carbocycles. The smallest absolute Gasteiger partial charge is 0.0352 e. The standard InChI is InChI=1S/C25H33N3/c1-2-8-20(9-3-1)17-28-18-22-12-7-15-27(22)19-23(28)16-26-25-14-6-11-21-10-4-5-13-24(21)25/h1-5,8-10,13,22-23,25-26H,6-7,11-12,14-19H2/t22-,23-,25?/m1/s1. The summed E-state index contributed by atoms with van der Waals surface area (Å²) in [5, 5.41) is 3.97. The molecule has 1 N–H and O–H groups in total. The summed E-state index contributed by atoms with van der Waals surface area (Å²) in [4.78, 5) is 5.51. The molecule has 0 radical (unpaired) electrons. The molecule has 148 valence electrons. The first-order valence-corrected chi connectivity index (χ1v) is 11.2. The molecule has 28 heavy (non-hydrogen) atoms. The highest BCUT2D eigenvalue weighted by atomic mass is 15.3. The highest BCUT2D eigenvalue weighted by Crippen LogP contribution is 2.30. The minimum absolute atomic E-state index is 0.528. The zero-order valence-corrected chi connectivity index (χ0v) is 16.9. The fourth-order valence-electron chi connectivity index (χ4n) is 5.60. The van der Waals surface area contributed by atoms with Gasteiger partial charge < -0.3 is 5.32 Å². The summed E-state index contributed by atoms with van der Waals surface area (Å²) in [6.07, 6.45) is 6.57. The first-order chi connectivity index (χ1) is 13.9. The van der Waals surface area contributed by atoms with E-state index in [2.05, 4.69) is 69.7 Å². The summed E-state index contributed by atoms with van der Waals surface area (Å²) in [7, 11) is 0. The Kier molecular flexibility index (Phi) is 5.48. The number of hydrogen-bond donors (Lipinski definition) is 1. The van der Waals surface area contributed by atoms with E-state index in [1.807, 2.05) is 0 Å². The van der Waals surface area contributed by atoms with Crippen molar-refractivity contribution in [3.63, 3.8) is 0 Å². The molecule has 2 heterocycles. The molecule has 1 unspecified atom stereocenters. The number of piperazine rings is 1. The molecule has 0 spiro atoms. The van der Waals surface area contributed by atoms with Gasteiger partial charge in [-0.1, -0.05) is 54.6 Å². The molecule has 2 aliphatic heterocycles. The molecule has 2 aromatic carbocycles. The van der Waals surface area contributed by atoms with E-state index in [9.17, 15) is 0 Å². The molecule has 2 saturated heterocycles. The van der Waals surface area contributed by atoms with Gasteiger partial charge in [0.15, 0.2) is 0 Å². The molecule has 0 amide bonds. The maximum absolute atomic E-state index is 3.97. The second-order valence-electron chi connectivity index (χ2n) is 8.91. The summed E-state index contributed by atoms with van der Waals surface area (Å²) < 4.78 is 0. The minimum Gasteiger partial charge on any atom is -0.308 e. The van der Waals surface area contributed by atoms with Gasteiger partial charge in [-0.05, 0) is 55.3 Å². The van der Waals surface area contributed by atoms with Gasteiger partial charge in [0.05, 0.1) is 0 Å². The second kappa shape index (κ2) is 8.36. The maximum Gasteiger partial charge on any atom is 0.0352 e. The topological polar surface area (TPSA) is 18.5 Å². The summed E-state index contributed by atoms with van der Waals surface area (Å²) >= 11 is 0. The van der Waals surface area contributed by atoms with Crippen LogP contribution in [0.25, 0.3) is 0 Å². The highest BCUT2D eigenvalue weighted by Gasteiger charge is 2.36. The van der Waals surface area contributed by atoms with Crippen LogP contribution in [-0.4, -0.2) is 48.1 Å². The van der Waals surface area contributed by atoms with Crippen LogP contribution in [0.4, 0.5) is 0 Å². The SMILES string of the molecule is c1ccc(CN2C[C@H]3CCCN3C[C@H]2CNC2CCCc3ccccc32)cc1. The van der Waals surface area contributed by atoms with Gasteiger partial charge >= 0.3 is 0 Å². The van der Waals surface area contributed by atoms with E-state index in [1.165, 1.54) is 57.3 Å². The van der Waals surface area contributed by atoms with Gasteiger partial charge in [-0.15, -0.1) is 0 Å². The minimum atomic E-state index is 0.528. The number of nitrogens with one attached hydrogen (secondary N) is 1. The predicted molar refractivity (Wildman–Crippen MR) is 115 cm³/mol. The van der Waals surface area contributed by atoms with Gasteiger partial charge in [-0.25, -0.2) is 0 Å². The first-order valence-electron chi connectivity index (χ1n) is 11.2. The summed E-state index contributed by atoms with van der Waals surface area (Å²) in [6, 6.07) is 22.0. The fourth-order valence-corrected chi connectivity index (χ4v) is 5.60. The quantitative estimate of drug-likeness (QED) is 0.852. The third-order valence-electron chi connectivity index (χ3n) is 7.10. The molecule has 3 atom stereocenters. The first kappa shape index (κ1) is 18.4. The Hall–Kier alpha value is -1.68. The van der Waals surface area contributed by atoms with Gasteiger partial charge in [0.1, 0.15) is 0 Å². The Morgan fingerprint density at radius 2 is 1.75 bits per heavy atom. The van der Waals surface area contributed by atoms with E-state index in [1.54, 1.807) is 11.1 Å². The van der Waals surface area contributed by atoms with Crippen molar-refractivity contribution in [3.8, 4) is 0 Å². The third-order valence-corrected chi connectivity index (χ3v) is 7.10. The number of aryl methyl sites for hydroxylation is 1. The van der Waals surface area contributed by atoms with Gasteiger partial charge in [0, 0.05) is 44.3 Å². The van der Waals surface area contributed by atoms with Gasteiger partial charge in [-0.2, -0.15) is 0 Å². The van der Waals surface area contributed by atoms with Crippen LogP contribution in [0.15, 0.2) is 54.6 Å². The van der Waals surface area contributed by atoms with E-state index >= 15 is 0 Å². The molecule has 3 heteroatoms. The summed E-state index contributed by atoms with van der Waals surface area (Å²) in [6.45, 7) is 5.92. The summed E-state index contributed by atoms with van der Waals surface area (Å²) in [5.74, 6) is 0. The molecule has 5 rings (SSSR count). The molecule has 3 nitrogen and oxygen atoms in total. The molecule has 0 aromatic heterocycles. The highest BCUT2D eigenvalue weighted by molar-refractivity contribution is 5.32. The van der Waals surface area contributed by atoms with E-state index < -0.39 is 0 Å². The Bertz CT molecular complexity index is 774. The monoisotopic (exact) mass is 375 g/mol. The molecular weight excluding hydrogens is 342 g/mol. The largest absolute Gasteiger partial charge is 0.308 e. The van der Waals surface area contributed by atoms with Crippen molar-refractivity contribution in [3.05, 3.63) is 71.3 Å². The third kappa shape index (κ3) is 3.89. The number of benzene rings is 2. The Morgan fingerprint density at radius 3 is 2.68 bits per heavy atom. The second-order valence-corrected chi connectivity index (χ2v) is 8.91. The Labute approximate surface area is 169 Å². The lowest BCUT2D eigenvalue weighted by atomic mass is 9.87. The fraction of sp³-hybridized carbons (Fsp3) is 0.520. The van der Waals surface area contributed by atoms with Crippen molar-refractivity contribution < 1.29 is 0 Å². The zero-order valence-electron chi connectivity index (χ0n) is 16.9. The van der Waals surface area contributed by atoms with Crippen LogP contribution in [0.3, 0.4) is 0 Å². The lowest BCUT2D eigenvalue weighted by molar-refractivity contribution is 0.0438. The van der Waals surface area contributed by atoms with Crippen LogP contribution in [0.2, 0.25) is 0 Å². The lowest BCUT2D eigenvalue weighted by Gasteiger charge is -2.44. The maximum atomic E-state index is 3.97. The van der Waals surface area contributed by atoms with E-state index in [0.717, 1.165) is 19.1 Å². The van der Waals surface area contributed by atoms with Crippen LogP contribution in [0.1, 0.15) is 48.4 Å². The Balaban J connectivity index is 1.29.